The minimum atomic E-state index is -0.0258. The lowest BCUT2D eigenvalue weighted by molar-refractivity contribution is 0.0947. The molecule has 0 aromatic heterocycles. The second-order valence-electron chi connectivity index (χ2n) is 6.40. The van der Waals surface area contributed by atoms with Crippen LogP contribution in [0.3, 0.4) is 0 Å². The van der Waals surface area contributed by atoms with Crippen molar-refractivity contribution < 1.29 is 9.53 Å². The van der Waals surface area contributed by atoms with Crippen LogP contribution in [0.1, 0.15) is 21.5 Å². The van der Waals surface area contributed by atoms with Gasteiger partial charge in [0.2, 0.25) is 0 Å². The van der Waals surface area contributed by atoms with Crippen molar-refractivity contribution in [2.75, 3.05) is 32.0 Å². The number of halogens is 1. The topological polar surface area (TPSA) is 76.4 Å². The summed E-state index contributed by atoms with van der Waals surface area (Å²) in [5.41, 5.74) is 9.66. The van der Waals surface area contributed by atoms with Gasteiger partial charge >= 0.3 is 0 Å². The van der Waals surface area contributed by atoms with Crippen molar-refractivity contribution in [2.45, 2.75) is 10.8 Å². The highest BCUT2D eigenvalue weighted by molar-refractivity contribution is 14.1. The average molecular weight is 413 g/mol. The van der Waals surface area contributed by atoms with Crippen LogP contribution in [0.15, 0.2) is 6.07 Å². The zero-order chi connectivity index (χ0) is 15.3. The van der Waals surface area contributed by atoms with Gasteiger partial charge in [0.25, 0.3) is 5.91 Å². The number of nitrogen functional groups attached to an aromatic ring is 1. The highest BCUT2D eigenvalue weighted by Gasteiger charge is 2.52. The number of amides is 1. The zero-order valence-corrected chi connectivity index (χ0v) is 14.5. The van der Waals surface area contributed by atoms with E-state index in [9.17, 15) is 4.79 Å². The van der Waals surface area contributed by atoms with E-state index in [0.29, 0.717) is 23.8 Å². The number of rotatable bonds is 4. The molecule has 0 radical (unpaired) electrons. The number of fused-ring (bicyclic) bond motifs is 2. The van der Waals surface area contributed by atoms with E-state index in [0.717, 1.165) is 59.1 Å². The minimum absolute atomic E-state index is 0.0258. The maximum absolute atomic E-state index is 12.6. The summed E-state index contributed by atoms with van der Waals surface area (Å²) in [5, 5.41) is 6.48. The molecular weight excluding hydrogens is 393 g/mol. The average Bonchev–Trinajstić information content (AvgIpc) is 2.94. The second-order valence-corrected chi connectivity index (χ2v) is 7.16. The molecule has 0 bridgehead atoms. The first-order valence-corrected chi connectivity index (χ1v) is 9.35. The number of carbonyl (C=O) groups is 1. The number of nitrogens with one attached hydrogen (secondary N) is 2. The quantitative estimate of drug-likeness (QED) is 0.396. The molecule has 2 heterocycles. The fourth-order valence-electron chi connectivity index (χ4n) is 3.90. The van der Waals surface area contributed by atoms with Crippen LogP contribution in [0.4, 0.5) is 5.69 Å². The molecule has 6 heteroatoms. The molecule has 22 heavy (non-hydrogen) atoms. The van der Waals surface area contributed by atoms with Crippen LogP contribution < -0.4 is 21.1 Å². The molecule has 1 aliphatic carbocycles. The molecule has 1 saturated heterocycles. The largest absolute Gasteiger partial charge is 0.492 e. The number of nitrogens with two attached hydrogens (primary N) is 1. The fourth-order valence-corrected chi connectivity index (χ4v) is 4.53. The van der Waals surface area contributed by atoms with Gasteiger partial charge < -0.3 is 21.1 Å². The van der Waals surface area contributed by atoms with Crippen molar-refractivity contribution in [3.8, 4) is 5.75 Å². The predicted molar refractivity (Wildman–Crippen MR) is 93.5 cm³/mol. The summed E-state index contributed by atoms with van der Waals surface area (Å²) >= 11 is 2.28. The fraction of sp³-hybridized carbons (Fsp3) is 0.562. The van der Waals surface area contributed by atoms with Gasteiger partial charge in [-0.1, -0.05) is 22.6 Å². The van der Waals surface area contributed by atoms with Crippen molar-refractivity contribution in [1.82, 2.24) is 10.6 Å². The highest BCUT2D eigenvalue weighted by Crippen LogP contribution is 2.48. The summed E-state index contributed by atoms with van der Waals surface area (Å²) in [6.45, 7) is 3.59. The van der Waals surface area contributed by atoms with Gasteiger partial charge in [-0.25, -0.2) is 0 Å². The number of carbonyl (C=O) groups excluding carboxylic acids is 1. The third-order valence-corrected chi connectivity index (χ3v) is 6.08. The monoisotopic (exact) mass is 413 g/mol. The van der Waals surface area contributed by atoms with Crippen LogP contribution in [0, 0.1) is 17.8 Å². The molecule has 2 atom stereocenters. The predicted octanol–water partition coefficient (Wildman–Crippen LogP) is 1.33. The highest BCUT2D eigenvalue weighted by atomic mass is 127. The van der Waals surface area contributed by atoms with E-state index in [-0.39, 0.29) is 5.91 Å². The van der Waals surface area contributed by atoms with E-state index in [1.54, 1.807) is 0 Å². The van der Waals surface area contributed by atoms with Crippen LogP contribution in [-0.2, 0) is 10.8 Å². The van der Waals surface area contributed by atoms with Gasteiger partial charge in [0.15, 0.2) is 0 Å². The van der Waals surface area contributed by atoms with Crippen LogP contribution in [-0.4, -0.2) is 32.1 Å². The standard InChI is InChI=1S/C16H20IN3O2/c17-4-8-3-10(15-9(14(8)18)1-2-22-15)16(21)20-7-13-11-5-19-6-12(11)13/h3,11-13,19H,1-2,4-7,18H2,(H,20,21). The van der Waals surface area contributed by atoms with Crippen molar-refractivity contribution in [2.24, 2.45) is 17.8 Å². The van der Waals surface area contributed by atoms with Crippen molar-refractivity contribution in [1.29, 1.82) is 0 Å². The number of piperidine rings is 1. The molecule has 4 N–H and O–H groups in total. The number of ether oxygens (including phenoxy) is 1. The normalized spacial score (nSPS) is 28.0. The lowest BCUT2D eigenvalue weighted by Crippen LogP contribution is -2.29. The summed E-state index contributed by atoms with van der Waals surface area (Å²) in [6.07, 6.45) is 0.796. The first-order valence-electron chi connectivity index (χ1n) is 7.82. The zero-order valence-electron chi connectivity index (χ0n) is 12.3. The van der Waals surface area contributed by atoms with Crippen LogP contribution in [0.5, 0.6) is 5.75 Å². The van der Waals surface area contributed by atoms with E-state index < -0.39 is 0 Å². The lowest BCUT2D eigenvalue weighted by atomic mass is 10.0. The minimum Gasteiger partial charge on any atom is -0.492 e. The maximum atomic E-state index is 12.6. The third-order valence-electron chi connectivity index (χ3n) is 5.26. The Kier molecular flexibility index (Phi) is 3.68. The van der Waals surface area contributed by atoms with Crippen molar-refractivity contribution in [3.63, 3.8) is 0 Å². The van der Waals surface area contributed by atoms with Crippen LogP contribution >= 0.6 is 22.6 Å². The third kappa shape index (κ3) is 2.27. The Morgan fingerprint density at radius 3 is 2.95 bits per heavy atom. The van der Waals surface area contributed by atoms with Crippen LogP contribution in [0.2, 0.25) is 0 Å². The van der Waals surface area contributed by atoms with Gasteiger partial charge in [-0.2, -0.15) is 0 Å². The number of hydrogen-bond acceptors (Lipinski definition) is 4. The summed E-state index contributed by atoms with van der Waals surface area (Å²) < 4.78 is 6.48. The van der Waals surface area contributed by atoms with E-state index in [4.69, 9.17) is 10.5 Å². The molecule has 3 aliphatic rings. The smallest absolute Gasteiger partial charge is 0.255 e. The molecule has 4 rings (SSSR count). The van der Waals surface area contributed by atoms with Gasteiger partial charge in [-0.15, -0.1) is 0 Å². The molecular formula is C16H20IN3O2. The Morgan fingerprint density at radius 1 is 1.45 bits per heavy atom. The van der Waals surface area contributed by atoms with Crippen molar-refractivity contribution >= 4 is 34.2 Å². The number of benzene rings is 1. The lowest BCUT2D eigenvalue weighted by Gasteiger charge is -2.14. The van der Waals surface area contributed by atoms with Gasteiger partial charge in [-0.05, 0) is 42.5 Å². The molecule has 1 saturated carbocycles. The van der Waals surface area contributed by atoms with E-state index in [1.807, 2.05) is 6.07 Å². The molecule has 0 spiro atoms. The molecule has 2 fully saturated rings. The molecule has 1 aromatic rings. The maximum Gasteiger partial charge on any atom is 0.255 e. The van der Waals surface area contributed by atoms with E-state index in [1.165, 1.54) is 0 Å². The SMILES string of the molecule is Nc1c(CI)cc(C(=O)NCC2C3CNCC32)c2c1CCO2. The summed E-state index contributed by atoms with van der Waals surface area (Å²) in [7, 11) is 0. The first kappa shape index (κ1) is 14.6. The number of alkyl halides is 1. The summed E-state index contributed by atoms with van der Waals surface area (Å²) in [4.78, 5) is 12.6. The molecule has 1 amide bonds. The van der Waals surface area contributed by atoms with E-state index >= 15 is 0 Å². The Labute approximate surface area is 143 Å². The van der Waals surface area contributed by atoms with Crippen molar-refractivity contribution in [3.05, 3.63) is 22.8 Å². The van der Waals surface area contributed by atoms with Gasteiger partial charge in [0.05, 0.1) is 12.2 Å². The Balaban J connectivity index is 1.51. The Bertz CT molecular complexity index is 624. The number of hydrogen-bond donors (Lipinski definition) is 3. The molecule has 2 unspecified atom stereocenters. The summed E-state index contributed by atoms with van der Waals surface area (Å²) in [5.74, 6) is 2.85. The first-order chi connectivity index (χ1) is 10.7. The van der Waals surface area contributed by atoms with Gasteiger partial charge in [-0.3, -0.25) is 4.79 Å². The summed E-state index contributed by atoms with van der Waals surface area (Å²) in [6, 6.07) is 1.90. The second kappa shape index (κ2) is 5.56. The van der Waals surface area contributed by atoms with Crippen LogP contribution in [0.25, 0.3) is 0 Å². The van der Waals surface area contributed by atoms with Gasteiger partial charge in [0, 0.05) is 28.6 Å². The van der Waals surface area contributed by atoms with E-state index in [2.05, 4.69) is 33.2 Å². The number of anilines is 1. The molecule has 118 valence electrons. The molecule has 2 aliphatic heterocycles. The van der Waals surface area contributed by atoms with Gasteiger partial charge in [0.1, 0.15) is 5.75 Å². The Hall–Kier alpha value is -1.02. The molecule has 1 aromatic carbocycles. The Morgan fingerprint density at radius 2 is 2.23 bits per heavy atom. The molecule has 5 nitrogen and oxygen atoms in total.